The number of aliphatic imine (C=N–C) groups is 1. The van der Waals surface area contributed by atoms with Crippen LogP contribution in [0.15, 0.2) is 72.4 Å². The van der Waals surface area contributed by atoms with E-state index in [2.05, 4.69) is 39.2 Å². The molecule has 0 spiro atoms. The number of fused-ring (bicyclic) bond motifs is 1. The average Bonchev–Trinajstić information content (AvgIpc) is 3.28. The third-order valence-corrected chi connectivity index (χ3v) is 6.42. The fraction of sp³-hybridized carbons (Fsp3) is 0.231. The summed E-state index contributed by atoms with van der Waals surface area (Å²) in [5.74, 6) is 0.592. The van der Waals surface area contributed by atoms with Crippen LogP contribution in [0.3, 0.4) is 0 Å². The number of hydrogen-bond donors (Lipinski definition) is 3. The molecule has 2 aromatic carbocycles. The van der Waals surface area contributed by atoms with Gasteiger partial charge >= 0.3 is 0 Å². The number of halogens is 1. The molecule has 1 fully saturated rings. The number of amides is 1. The Hall–Kier alpha value is -3.75. The number of carbonyl (C=O) groups is 1. The molecule has 3 heterocycles. The number of nitrogens with zero attached hydrogens (tertiary/aromatic N) is 3. The van der Waals surface area contributed by atoms with E-state index >= 15 is 0 Å². The van der Waals surface area contributed by atoms with Gasteiger partial charge in [-0.15, -0.1) is 0 Å². The number of H-pyrrole nitrogens is 1. The number of benzene rings is 2. The summed E-state index contributed by atoms with van der Waals surface area (Å²) in [6.07, 6.45) is 2.63. The van der Waals surface area contributed by atoms with Crippen LogP contribution in [0.1, 0.15) is 11.1 Å². The van der Waals surface area contributed by atoms with E-state index in [-0.39, 0.29) is 12.2 Å². The molecule has 0 bridgehead atoms. The smallest absolute Gasteiger partial charge is 0.247 e. The molecule has 1 atom stereocenters. The summed E-state index contributed by atoms with van der Waals surface area (Å²) < 4.78 is 5.49. The van der Waals surface area contributed by atoms with Crippen molar-refractivity contribution in [3.63, 3.8) is 0 Å². The zero-order valence-electron chi connectivity index (χ0n) is 19.4. The Morgan fingerprint density at radius 2 is 1.97 bits per heavy atom. The van der Waals surface area contributed by atoms with E-state index in [1.807, 2.05) is 48.3 Å². The topological polar surface area (TPSA) is 85.0 Å². The van der Waals surface area contributed by atoms with Crippen LogP contribution in [0.4, 0.5) is 22.9 Å². The van der Waals surface area contributed by atoms with Crippen LogP contribution in [-0.2, 0) is 9.53 Å². The van der Waals surface area contributed by atoms with Crippen molar-refractivity contribution in [2.75, 3.05) is 53.8 Å². The van der Waals surface area contributed by atoms with Gasteiger partial charge in [0.15, 0.2) is 6.29 Å². The zero-order valence-corrected chi connectivity index (χ0v) is 20.2. The maximum atomic E-state index is 11.8. The summed E-state index contributed by atoms with van der Waals surface area (Å²) >= 11 is 6.57. The maximum absolute atomic E-state index is 11.8. The first-order valence-electron chi connectivity index (χ1n) is 11.4. The molecule has 3 N–H and O–H groups in total. The summed E-state index contributed by atoms with van der Waals surface area (Å²) in [4.78, 5) is 24.5. The molecular formula is C26H27ClN6O2. The van der Waals surface area contributed by atoms with Crippen molar-refractivity contribution in [1.82, 2.24) is 4.98 Å². The number of aromatic nitrogens is 1. The average molecular weight is 491 g/mol. The molecule has 8 nitrogen and oxygen atoms in total. The van der Waals surface area contributed by atoms with Crippen molar-refractivity contribution in [1.29, 1.82) is 0 Å². The van der Waals surface area contributed by atoms with Crippen LogP contribution in [0.25, 0.3) is 0 Å². The van der Waals surface area contributed by atoms with Crippen molar-refractivity contribution in [2.45, 2.75) is 6.29 Å². The normalized spacial score (nSPS) is 17.4. The van der Waals surface area contributed by atoms with Crippen molar-refractivity contribution in [2.24, 2.45) is 4.99 Å². The first-order valence-corrected chi connectivity index (χ1v) is 11.8. The number of morpholine rings is 1. The second-order valence-corrected chi connectivity index (χ2v) is 8.80. The van der Waals surface area contributed by atoms with E-state index in [9.17, 15) is 4.79 Å². The van der Waals surface area contributed by atoms with Gasteiger partial charge in [0.05, 0.1) is 29.5 Å². The van der Waals surface area contributed by atoms with E-state index in [4.69, 9.17) is 21.3 Å². The Morgan fingerprint density at radius 1 is 1.20 bits per heavy atom. The van der Waals surface area contributed by atoms with Crippen LogP contribution < -0.4 is 20.4 Å². The van der Waals surface area contributed by atoms with Crippen molar-refractivity contribution in [3.05, 3.63) is 83.5 Å². The van der Waals surface area contributed by atoms with Gasteiger partial charge in [-0.25, -0.2) is 4.99 Å². The molecule has 0 saturated carbocycles. The van der Waals surface area contributed by atoms with Gasteiger partial charge in [-0.3, -0.25) is 4.79 Å². The van der Waals surface area contributed by atoms with Gasteiger partial charge in [-0.05, 0) is 36.4 Å². The maximum Gasteiger partial charge on any atom is 0.247 e. The lowest BCUT2D eigenvalue weighted by molar-refractivity contribution is -0.111. The molecule has 9 heteroatoms. The standard InChI is InChI=1S/C26H27ClN6O2/c1-3-22(34)29-18-7-4-6-17(14-18)24-23-21(27)16-28-25(23)32(2)26(31-24)30-19-8-5-9-20(15-19)33-10-12-35-13-11-33/h3-9,14-16,26,28,30H,1,10-13H2,2H3,(H,29,34). The molecule has 1 aromatic heterocycles. The van der Waals surface area contributed by atoms with Crippen LogP contribution in [0, 0.1) is 0 Å². The third-order valence-electron chi connectivity index (χ3n) is 6.13. The van der Waals surface area contributed by atoms with Crippen molar-refractivity contribution in [3.8, 4) is 0 Å². The van der Waals surface area contributed by atoms with Gasteiger partial charge in [0.2, 0.25) is 5.91 Å². The number of anilines is 4. The third kappa shape index (κ3) is 4.76. The first kappa shape index (κ1) is 23.0. The van der Waals surface area contributed by atoms with Crippen molar-refractivity contribution < 1.29 is 9.53 Å². The highest BCUT2D eigenvalue weighted by atomic mass is 35.5. The SMILES string of the molecule is C=CC(=O)Nc1cccc(C2=NC(Nc3cccc(N4CCOCC4)c3)N(C)c3[nH]cc(Cl)c32)c1. The Balaban J connectivity index is 1.48. The monoisotopic (exact) mass is 490 g/mol. The molecule has 1 amide bonds. The highest BCUT2D eigenvalue weighted by molar-refractivity contribution is 6.37. The molecular weight excluding hydrogens is 464 g/mol. The van der Waals surface area contributed by atoms with E-state index < -0.39 is 0 Å². The lowest BCUT2D eigenvalue weighted by Gasteiger charge is -2.33. The van der Waals surface area contributed by atoms with Gasteiger partial charge in [0.25, 0.3) is 0 Å². The lowest BCUT2D eigenvalue weighted by Crippen LogP contribution is -2.41. The van der Waals surface area contributed by atoms with Crippen LogP contribution >= 0.6 is 11.6 Å². The number of aromatic amines is 1. The summed E-state index contributed by atoms with van der Waals surface area (Å²) in [6.45, 7) is 6.73. The Labute approximate surface area is 209 Å². The minimum Gasteiger partial charge on any atom is -0.378 e. The predicted molar refractivity (Wildman–Crippen MR) is 142 cm³/mol. The number of nitrogens with one attached hydrogen (secondary N) is 3. The Bertz CT molecular complexity index is 1280. The highest BCUT2D eigenvalue weighted by Gasteiger charge is 2.30. The minimum atomic E-state index is -0.376. The molecule has 3 aromatic rings. The largest absolute Gasteiger partial charge is 0.378 e. The number of carbonyl (C=O) groups excluding carboxylic acids is 1. The first-order chi connectivity index (χ1) is 17.0. The van der Waals surface area contributed by atoms with Crippen LogP contribution in [0.5, 0.6) is 0 Å². The summed E-state index contributed by atoms with van der Waals surface area (Å²) in [5.41, 5.74) is 5.17. The number of hydrogen-bond acceptors (Lipinski definition) is 6. The molecule has 5 rings (SSSR count). The second-order valence-electron chi connectivity index (χ2n) is 8.39. The number of ether oxygens (including phenoxy) is 1. The Kier molecular flexibility index (Phi) is 6.48. The van der Waals surface area contributed by atoms with E-state index in [0.717, 1.165) is 60.3 Å². The van der Waals surface area contributed by atoms with E-state index in [0.29, 0.717) is 10.7 Å². The summed E-state index contributed by atoms with van der Waals surface area (Å²) in [7, 11) is 1.97. The second kappa shape index (κ2) is 9.85. The van der Waals surface area contributed by atoms with Gasteiger partial charge in [-0.2, -0.15) is 0 Å². The van der Waals surface area contributed by atoms with Crippen LogP contribution in [-0.4, -0.2) is 56.2 Å². The molecule has 2 aliphatic rings. The van der Waals surface area contributed by atoms with Gasteiger partial charge in [0.1, 0.15) is 5.82 Å². The highest BCUT2D eigenvalue weighted by Crippen LogP contribution is 2.35. The fourth-order valence-electron chi connectivity index (χ4n) is 4.34. The molecule has 1 unspecified atom stereocenters. The molecule has 35 heavy (non-hydrogen) atoms. The molecule has 0 radical (unpaired) electrons. The van der Waals surface area contributed by atoms with Gasteiger partial charge in [-0.1, -0.05) is 36.4 Å². The van der Waals surface area contributed by atoms with Crippen molar-refractivity contribution >= 4 is 46.1 Å². The number of rotatable bonds is 6. The van der Waals surface area contributed by atoms with E-state index in [1.165, 1.54) is 6.08 Å². The summed E-state index contributed by atoms with van der Waals surface area (Å²) in [6, 6.07) is 15.9. The zero-order chi connectivity index (χ0) is 24.4. The minimum absolute atomic E-state index is 0.271. The molecule has 1 saturated heterocycles. The molecule has 0 aliphatic carbocycles. The molecule has 180 valence electrons. The lowest BCUT2D eigenvalue weighted by atomic mass is 10.0. The molecule has 2 aliphatic heterocycles. The van der Waals surface area contributed by atoms with Gasteiger partial charge < -0.3 is 30.2 Å². The van der Waals surface area contributed by atoms with Gasteiger partial charge in [0, 0.05) is 49.0 Å². The van der Waals surface area contributed by atoms with Crippen LogP contribution in [0.2, 0.25) is 5.02 Å². The predicted octanol–water partition coefficient (Wildman–Crippen LogP) is 4.31. The van der Waals surface area contributed by atoms with E-state index in [1.54, 1.807) is 6.20 Å². The Morgan fingerprint density at radius 3 is 2.77 bits per heavy atom. The summed E-state index contributed by atoms with van der Waals surface area (Å²) in [5, 5.41) is 6.94. The fourth-order valence-corrected chi connectivity index (χ4v) is 4.57. The quantitative estimate of drug-likeness (QED) is 0.448.